The Labute approximate surface area is 168 Å². The lowest BCUT2D eigenvalue weighted by molar-refractivity contribution is -0.501. The first-order valence-electron chi connectivity index (χ1n) is 9.01. The lowest BCUT2D eigenvalue weighted by Gasteiger charge is -2.57. The molecule has 9 heteroatoms. The van der Waals surface area contributed by atoms with Crippen LogP contribution in [0.15, 0.2) is 0 Å². The van der Waals surface area contributed by atoms with Crippen LogP contribution in [-0.2, 0) is 43.0 Å². The van der Waals surface area contributed by atoms with Crippen LogP contribution in [0.1, 0.15) is 48.0 Å². The molecule has 0 aliphatic carbocycles. The van der Waals surface area contributed by atoms with E-state index in [4.69, 9.17) is 38.2 Å². The minimum absolute atomic E-state index is 0.281. The number of hydrogen-bond donors (Lipinski definition) is 0. The molecule has 0 heterocycles. The van der Waals surface area contributed by atoms with E-state index in [1.165, 1.54) is 42.7 Å². The second kappa shape index (κ2) is 9.80. The normalized spacial score (nSPS) is 19.4. The second-order valence-corrected chi connectivity index (χ2v) is 7.64. The van der Waals surface area contributed by atoms with Gasteiger partial charge < -0.3 is 28.4 Å². The van der Waals surface area contributed by atoms with Gasteiger partial charge in [0, 0.05) is 42.7 Å². The minimum Gasteiger partial charge on any atom is -0.369 e. The van der Waals surface area contributed by atoms with Gasteiger partial charge in [-0.1, -0.05) is 6.92 Å². The lowest BCUT2D eigenvalue weighted by Crippen LogP contribution is -2.77. The SMILES string of the molecule is CCC(OC)(C(C)(OC)OOC(=O)C(C)(C)C)C(C)(OC)C(OC)(OC)OC. The summed E-state index contributed by atoms with van der Waals surface area (Å²) in [5.74, 6) is -3.92. The van der Waals surface area contributed by atoms with Gasteiger partial charge in [0.2, 0.25) is 5.79 Å². The standard InChI is InChI=1S/C19H38O9/c1-13-18(23-9,16(5,21-7)19(24-10,25-11)26-12)17(6,22-8)28-27-14(20)15(2,3)4/h13H2,1-12H3. The fraction of sp³-hybridized carbons (Fsp3) is 0.947. The van der Waals surface area contributed by atoms with Gasteiger partial charge in [0.15, 0.2) is 11.2 Å². The molecule has 0 aromatic rings. The minimum atomic E-state index is -1.70. The van der Waals surface area contributed by atoms with E-state index in [1.54, 1.807) is 34.6 Å². The zero-order valence-electron chi connectivity index (χ0n) is 19.4. The van der Waals surface area contributed by atoms with E-state index in [2.05, 4.69) is 0 Å². The van der Waals surface area contributed by atoms with Crippen LogP contribution in [0.3, 0.4) is 0 Å². The highest BCUT2D eigenvalue weighted by molar-refractivity contribution is 5.74. The molecule has 0 amide bonds. The molecule has 168 valence electrons. The monoisotopic (exact) mass is 410 g/mol. The van der Waals surface area contributed by atoms with E-state index in [0.717, 1.165) is 0 Å². The zero-order chi connectivity index (χ0) is 22.4. The molecular weight excluding hydrogens is 372 g/mol. The summed E-state index contributed by atoms with van der Waals surface area (Å²) in [4.78, 5) is 22.9. The maximum atomic E-state index is 12.3. The predicted molar refractivity (Wildman–Crippen MR) is 101 cm³/mol. The molecule has 3 atom stereocenters. The summed E-state index contributed by atoms with van der Waals surface area (Å²) in [5, 5.41) is 0. The molecule has 0 aliphatic rings. The molecule has 0 aliphatic heterocycles. The topological polar surface area (TPSA) is 90.9 Å². The summed E-state index contributed by atoms with van der Waals surface area (Å²) in [6, 6.07) is 0. The lowest BCUT2D eigenvalue weighted by atomic mass is 9.73. The van der Waals surface area contributed by atoms with Crippen LogP contribution in [0.4, 0.5) is 0 Å². The zero-order valence-corrected chi connectivity index (χ0v) is 19.4. The first kappa shape index (κ1) is 27.2. The van der Waals surface area contributed by atoms with Crippen molar-refractivity contribution in [1.82, 2.24) is 0 Å². The van der Waals surface area contributed by atoms with Gasteiger partial charge >= 0.3 is 11.9 Å². The Morgan fingerprint density at radius 2 is 1.18 bits per heavy atom. The van der Waals surface area contributed by atoms with E-state index < -0.39 is 34.3 Å². The van der Waals surface area contributed by atoms with Gasteiger partial charge in [0.1, 0.15) is 0 Å². The number of carbonyl (C=O) groups is 1. The molecule has 0 aromatic carbocycles. The quantitative estimate of drug-likeness (QED) is 0.273. The van der Waals surface area contributed by atoms with Crippen molar-refractivity contribution in [1.29, 1.82) is 0 Å². The van der Waals surface area contributed by atoms with Crippen LogP contribution in [0.25, 0.3) is 0 Å². The Morgan fingerprint density at radius 3 is 1.43 bits per heavy atom. The van der Waals surface area contributed by atoms with E-state index in [-0.39, 0.29) is 6.42 Å². The third-order valence-corrected chi connectivity index (χ3v) is 5.43. The Balaban J connectivity index is 6.50. The average Bonchev–Trinajstić information content (AvgIpc) is 2.68. The largest absolute Gasteiger partial charge is 0.369 e. The summed E-state index contributed by atoms with van der Waals surface area (Å²) in [5.41, 5.74) is -3.67. The molecule has 0 rings (SSSR count). The Bertz CT molecular complexity index is 486. The number of carbonyl (C=O) groups excluding carboxylic acids is 1. The number of hydrogen-bond acceptors (Lipinski definition) is 9. The molecule has 0 aromatic heterocycles. The third kappa shape index (κ3) is 4.21. The van der Waals surface area contributed by atoms with Crippen LogP contribution in [0.2, 0.25) is 0 Å². The fourth-order valence-electron chi connectivity index (χ4n) is 3.50. The van der Waals surface area contributed by atoms with Crippen molar-refractivity contribution in [3.63, 3.8) is 0 Å². The van der Waals surface area contributed by atoms with Crippen molar-refractivity contribution < 1.29 is 43.0 Å². The van der Waals surface area contributed by atoms with Gasteiger partial charge in [-0.3, -0.25) is 4.89 Å². The van der Waals surface area contributed by atoms with E-state index >= 15 is 0 Å². The van der Waals surface area contributed by atoms with Crippen molar-refractivity contribution in [2.75, 3.05) is 42.7 Å². The fourth-order valence-corrected chi connectivity index (χ4v) is 3.50. The van der Waals surface area contributed by atoms with Crippen LogP contribution in [0, 0.1) is 5.41 Å². The maximum absolute atomic E-state index is 12.3. The van der Waals surface area contributed by atoms with Crippen LogP contribution < -0.4 is 0 Å². The Hall–Kier alpha value is -0.810. The van der Waals surface area contributed by atoms with E-state index in [9.17, 15) is 4.79 Å². The molecule has 0 radical (unpaired) electrons. The van der Waals surface area contributed by atoms with Crippen molar-refractivity contribution in [2.24, 2.45) is 5.41 Å². The molecule has 28 heavy (non-hydrogen) atoms. The molecule has 0 spiro atoms. The summed E-state index contributed by atoms with van der Waals surface area (Å²) < 4.78 is 34.1. The Kier molecular flexibility index (Phi) is 9.51. The van der Waals surface area contributed by atoms with Gasteiger partial charge in [0.05, 0.1) is 5.41 Å². The molecule has 0 saturated heterocycles. The molecular formula is C19H38O9. The highest BCUT2D eigenvalue weighted by Gasteiger charge is 2.72. The molecule has 0 N–H and O–H groups in total. The van der Waals surface area contributed by atoms with Gasteiger partial charge in [-0.25, -0.2) is 4.79 Å². The molecule has 9 nitrogen and oxygen atoms in total. The van der Waals surface area contributed by atoms with Gasteiger partial charge in [0.25, 0.3) is 0 Å². The first-order chi connectivity index (χ1) is 12.8. The number of methoxy groups -OCH3 is 6. The number of ether oxygens (including phenoxy) is 6. The van der Waals surface area contributed by atoms with Gasteiger partial charge in [-0.15, -0.1) is 4.89 Å². The summed E-state index contributed by atoms with van der Waals surface area (Å²) in [6.45, 7) is 10.2. The van der Waals surface area contributed by atoms with E-state index in [1.807, 2.05) is 6.92 Å². The van der Waals surface area contributed by atoms with Crippen LogP contribution in [0.5, 0.6) is 0 Å². The van der Waals surface area contributed by atoms with Crippen molar-refractivity contribution in [3.8, 4) is 0 Å². The summed E-state index contributed by atoms with van der Waals surface area (Å²) in [7, 11) is 8.53. The molecule has 0 fully saturated rings. The van der Waals surface area contributed by atoms with E-state index in [0.29, 0.717) is 0 Å². The first-order valence-corrected chi connectivity index (χ1v) is 9.01. The smallest absolute Gasteiger partial charge is 0.347 e. The van der Waals surface area contributed by atoms with Gasteiger partial charge in [-0.2, -0.15) is 0 Å². The number of rotatable bonds is 12. The van der Waals surface area contributed by atoms with Crippen molar-refractivity contribution >= 4 is 5.97 Å². The molecule has 0 saturated carbocycles. The average molecular weight is 411 g/mol. The van der Waals surface area contributed by atoms with Crippen LogP contribution in [-0.4, -0.2) is 71.6 Å². The van der Waals surface area contributed by atoms with Crippen molar-refractivity contribution in [2.45, 2.75) is 70.9 Å². The van der Waals surface area contributed by atoms with Crippen LogP contribution >= 0.6 is 0 Å². The van der Waals surface area contributed by atoms with Crippen molar-refractivity contribution in [3.05, 3.63) is 0 Å². The van der Waals surface area contributed by atoms with Gasteiger partial charge in [-0.05, 0) is 41.0 Å². The third-order valence-electron chi connectivity index (χ3n) is 5.43. The summed E-state index contributed by atoms with van der Waals surface area (Å²) >= 11 is 0. The summed E-state index contributed by atoms with van der Waals surface area (Å²) in [6.07, 6.45) is 0.281. The molecule has 3 unspecified atom stereocenters. The molecule has 0 bridgehead atoms. The highest BCUT2D eigenvalue weighted by Crippen LogP contribution is 2.50. The maximum Gasteiger partial charge on any atom is 0.347 e. The predicted octanol–water partition coefficient (Wildman–Crippen LogP) is 2.66. The highest BCUT2D eigenvalue weighted by atomic mass is 17.2. The second-order valence-electron chi connectivity index (χ2n) is 7.64. The Morgan fingerprint density at radius 1 is 0.714 bits per heavy atom.